The lowest BCUT2D eigenvalue weighted by Crippen LogP contribution is -2.43. The van der Waals surface area contributed by atoms with Crippen LogP contribution in [0.15, 0.2) is 0 Å². The van der Waals surface area contributed by atoms with Gasteiger partial charge in [-0.05, 0) is 13.0 Å². The van der Waals surface area contributed by atoms with E-state index in [1.54, 1.807) is 4.90 Å². The van der Waals surface area contributed by atoms with Gasteiger partial charge in [0.15, 0.2) is 0 Å². The standard InChI is InChI=1S/C14H27FN2O3/c1-3-4-5-6-7-17-10(8-12(19)16-2)13(15)14(20)11(17)9-18/h10-11,13-14,18,20H,3-9H2,1-2H3,(H,16,19)/t10-,11-,13-,14-/m1/s1. The van der Waals surface area contributed by atoms with Crippen molar-refractivity contribution in [1.82, 2.24) is 10.2 Å². The monoisotopic (exact) mass is 290 g/mol. The number of unbranched alkanes of at least 4 members (excludes halogenated alkanes) is 3. The fraction of sp³-hybridized carbons (Fsp3) is 0.929. The van der Waals surface area contributed by atoms with E-state index in [9.17, 15) is 19.4 Å². The van der Waals surface area contributed by atoms with Gasteiger partial charge < -0.3 is 15.5 Å². The Labute approximate surface area is 120 Å². The maximum absolute atomic E-state index is 14.2. The maximum Gasteiger partial charge on any atom is 0.221 e. The Balaban J connectivity index is 2.67. The molecule has 1 aliphatic rings. The highest BCUT2D eigenvalue weighted by Crippen LogP contribution is 2.30. The molecule has 0 radical (unpaired) electrons. The number of alkyl halides is 1. The zero-order valence-electron chi connectivity index (χ0n) is 12.4. The van der Waals surface area contributed by atoms with E-state index in [1.807, 2.05) is 0 Å². The Morgan fingerprint density at radius 2 is 2.00 bits per heavy atom. The number of halogens is 1. The van der Waals surface area contributed by atoms with Crippen molar-refractivity contribution in [3.8, 4) is 0 Å². The van der Waals surface area contributed by atoms with Gasteiger partial charge in [0.1, 0.15) is 12.3 Å². The van der Waals surface area contributed by atoms with Crippen molar-refractivity contribution in [2.75, 3.05) is 20.2 Å². The predicted molar refractivity (Wildman–Crippen MR) is 75.1 cm³/mol. The minimum absolute atomic E-state index is 0.0129. The second-order valence-electron chi connectivity index (χ2n) is 5.43. The lowest BCUT2D eigenvalue weighted by molar-refractivity contribution is -0.122. The molecule has 1 fully saturated rings. The number of hydrogen-bond donors (Lipinski definition) is 3. The molecule has 1 rings (SSSR count). The Hall–Kier alpha value is -0.720. The summed E-state index contributed by atoms with van der Waals surface area (Å²) < 4.78 is 14.2. The molecule has 3 N–H and O–H groups in total. The van der Waals surface area contributed by atoms with Crippen molar-refractivity contribution >= 4 is 5.91 Å². The number of likely N-dealkylation sites (tertiary alicyclic amines) is 1. The topological polar surface area (TPSA) is 72.8 Å². The molecule has 0 aromatic rings. The van der Waals surface area contributed by atoms with Crippen LogP contribution in [0.1, 0.15) is 39.0 Å². The highest BCUT2D eigenvalue weighted by Gasteiger charge is 2.48. The number of hydrogen-bond acceptors (Lipinski definition) is 4. The molecule has 1 amide bonds. The van der Waals surface area contributed by atoms with Gasteiger partial charge in [0.2, 0.25) is 5.91 Å². The first-order valence-corrected chi connectivity index (χ1v) is 7.46. The normalized spacial score (nSPS) is 30.6. The van der Waals surface area contributed by atoms with Crippen LogP contribution in [-0.4, -0.2) is 65.6 Å². The molecule has 1 aliphatic heterocycles. The average molecular weight is 290 g/mol. The number of nitrogens with one attached hydrogen (secondary N) is 1. The lowest BCUT2D eigenvalue weighted by atomic mass is 10.1. The van der Waals surface area contributed by atoms with Crippen molar-refractivity contribution in [2.45, 2.75) is 63.4 Å². The van der Waals surface area contributed by atoms with Gasteiger partial charge in [-0.2, -0.15) is 0 Å². The van der Waals surface area contributed by atoms with Crippen LogP contribution in [0.2, 0.25) is 0 Å². The summed E-state index contributed by atoms with van der Waals surface area (Å²) in [6.07, 6.45) is 1.44. The summed E-state index contributed by atoms with van der Waals surface area (Å²) in [6.45, 7) is 2.42. The van der Waals surface area contributed by atoms with Gasteiger partial charge in [-0.25, -0.2) is 4.39 Å². The summed E-state index contributed by atoms with van der Waals surface area (Å²) in [5, 5.41) is 21.7. The fourth-order valence-corrected chi connectivity index (χ4v) is 2.85. The van der Waals surface area contributed by atoms with Crippen LogP contribution in [-0.2, 0) is 4.79 Å². The molecule has 0 aromatic carbocycles. The SMILES string of the molecule is CCCCCCN1[C@H](CO)[C@@H](O)[C@H](F)[C@H]1CC(=O)NC. The van der Waals surface area contributed by atoms with Gasteiger partial charge in [-0.3, -0.25) is 9.69 Å². The van der Waals surface area contributed by atoms with Crippen LogP contribution in [0.4, 0.5) is 4.39 Å². The second-order valence-corrected chi connectivity index (χ2v) is 5.43. The number of aliphatic hydroxyl groups excluding tert-OH is 2. The molecule has 0 bridgehead atoms. The molecule has 0 spiro atoms. The number of carbonyl (C=O) groups excluding carboxylic acids is 1. The quantitative estimate of drug-likeness (QED) is 0.567. The lowest BCUT2D eigenvalue weighted by Gasteiger charge is -2.28. The Bertz CT molecular complexity index is 304. The highest BCUT2D eigenvalue weighted by atomic mass is 19.1. The van der Waals surface area contributed by atoms with Crippen LogP contribution < -0.4 is 5.32 Å². The van der Waals surface area contributed by atoms with Crippen LogP contribution >= 0.6 is 0 Å². The van der Waals surface area contributed by atoms with Gasteiger partial charge in [0.05, 0.1) is 18.7 Å². The molecular weight excluding hydrogens is 263 g/mol. The van der Waals surface area contributed by atoms with Crippen molar-refractivity contribution < 1.29 is 19.4 Å². The second kappa shape index (κ2) is 8.54. The molecule has 20 heavy (non-hydrogen) atoms. The number of carbonyl (C=O) groups is 1. The van der Waals surface area contributed by atoms with Crippen molar-refractivity contribution in [3.05, 3.63) is 0 Å². The Kier molecular flexibility index (Phi) is 7.40. The first kappa shape index (κ1) is 17.3. The van der Waals surface area contributed by atoms with Crippen molar-refractivity contribution in [2.24, 2.45) is 0 Å². The Morgan fingerprint density at radius 3 is 2.55 bits per heavy atom. The summed E-state index contributed by atoms with van der Waals surface area (Å²) in [7, 11) is 1.51. The van der Waals surface area contributed by atoms with Crippen LogP contribution in [0.25, 0.3) is 0 Å². The zero-order chi connectivity index (χ0) is 15.1. The van der Waals surface area contributed by atoms with E-state index in [1.165, 1.54) is 7.05 Å². The minimum atomic E-state index is -1.49. The van der Waals surface area contributed by atoms with Crippen LogP contribution in [0.3, 0.4) is 0 Å². The molecule has 1 heterocycles. The van der Waals surface area contributed by atoms with Gasteiger partial charge >= 0.3 is 0 Å². The molecule has 5 nitrogen and oxygen atoms in total. The summed E-state index contributed by atoms with van der Waals surface area (Å²) in [4.78, 5) is 13.3. The van der Waals surface area contributed by atoms with E-state index in [0.29, 0.717) is 6.54 Å². The third-order valence-corrected chi connectivity index (χ3v) is 4.07. The summed E-state index contributed by atoms with van der Waals surface area (Å²) in [5.41, 5.74) is 0. The van der Waals surface area contributed by atoms with E-state index in [2.05, 4.69) is 12.2 Å². The van der Waals surface area contributed by atoms with Gasteiger partial charge in [0, 0.05) is 13.5 Å². The molecule has 0 aromatic heterocycles. The van der Waals surface area contributed by atoms with Gasteiger partial charge in [-0.1, -0.05) is 26.2 Å². The third kappa shape index (κ3) is 4.14. The van der Waals surface area contributed by atoms with E-state index in [4.69, 9.17) is 0 Å². The maximum atomic E-state index is 14.2. The van der Waals surface area contributed by atoms with Crippen molar-refractivity contribution in [1.29, 1.82) is 0 Å². The first-order valence-electron chi connectivity index (χ1n) is 7.46. The molecule has 118 valence electrons. The smallest absolute Gasteiger partial charge is 0.221 e. The van der Waals surface area contributed by atoms with Crippen molar-refractivity contribution in [3.63, 3.8) is 0 Å². The van der Waals surface area contributed by atoms with E-state index in [0.717, 1.165) is 25.7 Å². The van der Waals surface area contributed by atoms with E-state index < -0.39 is 24.4 Å². The molecule has 4 atom stereocenters. The van der Waals surface area contributed by atoms with Crippen LogP contribution in [0.5, 0.6) is 0 Å². The molecule has 6 heteroatoms. The number of nitrogens with zero attached hydrogens (tertiary/aromatic N) is 1. The largest absolute Gasteiger partial charge is 0.395 e. The van der Waals surface area contributed by atoms with Gasteiger partial charge in [0.25, 0.3) is 0 Å². The Morgan fingerprint density at radius 1 is 1.30 bits per heavy atom. The fourth-order valence-electron chi connectivity index (χ4n) is 2.85. The highest BCUT2D eigenvalue weighted by molar-refractivity contribution is 5.76. The first-order chi connectivity index (χ1) is 9.56. The molecule has 0 aliphatic carbocycles. The van der Waals surface area contributed by atoms with Crippen LogP contribution in [0, 0.1) is 0 Å². The number of aliphatic hydroxyl groups is 2. The van der Waals surface area contributed by atoms with Gasteiger partial charge in [-0.15, -0.1) is 0 Å². The molecular formula is C14H27FN2O3. The minimum Gasteiger partial charge on any atom is -0.395 e. The van der Waals surface area contributed by atoms with E-state index >= 15 is 0 Å². The molecule has 0 saturated carbocycles. The zero-order valence-corrected chi connectivity index (χ0v) is 12.4. The number of amides is 1. The third-order valence-electron chi connectivity index (χ3n) is 4.07. The molecule has 0 unspecified atom stereocenters. The average Bonchev–Trinajstić information content (AvgIpc) is 2.67. The summed E-state index contributed by atoms with van der Waals surface area (Å²) in [6, 6.07) is -1.26. The van der Waals surface area contributed by atoms with E-state index in [-0.39, 0.29) is 18.9 Å². The predicted octanol–water partition coefficient (Wildman–Crippen LogP) is 0.447. The number of rotatable bonds is 8. The summed E-state index contributed by atoms with van der Waals surface area (Å²) in [5.74, 6) is -0.248. The summed E-state index contributed by atoms with van der Waals surface area (Å²) >= 11 is 0. The molecule has 1 saturated heterocycles.